The monoisotopic (exact) mass is 514 g/mol. The summed E-state index contributed by atoms with van der Waals surface area (Å²) in [6.07, 6.45) is 0.390. The molecule has 0 spiro atoms. The van der Waals surface area contributed by atoms with Gasteiger partial charge in [-0.05, 0) is 43.7 Å². The molecule has 0 bridgehead atoms. The molecule has 9 heteroatoms. The number of hydrogen-bond donors (Lipinski definition) is 1. The zero-order valence-electron chi connectivity index (χ0n) is 18.7. The average Bonchev–Trinajstić information content (AvgIpc) is 2.97. The van der Waals surface area contributed by atoms with Crippen LogP contribution in [0.4, 0.5) is 5.69 Å². The molecule has 2 heterocycles. The van der Waals surface area contributed by atoms with E-state index >= 15 is 0 Å². The number of benzene rings is 2. The number of carbonyl (C=O) groups is 1. The number of rotatable bonds is 6. The zero-order chi connectivity index (χ0) is 21.7. The fourth-order valence-electron chi connectivity index (χ4n) is 4.33. The number of hydrogen-bond acceptors (Lipinski definition) is 7. The summed E-state index contributed by atoms with van der Waals surface area (Å²) in [6.45, 7) is 4.92. The summed E-state index contributed by atoms with van der Waals surface area (Å²) in [6, 6.07) is 18.1. The Kier molecular flexibility index (Phi) is 10.6. The summed E-state index contributed by atoms with van der Waals surface area (Å²) in [5, 5.41) is 10.9. The highest BCUT2D eigenvalue weighted by atomic mass is 35.5. The fourth-order valence-corrected chi connectivity index (χ4v) is 5.71. The number of methoxy groups -OCH3 is 1. The van der Waals surface area contributed by atoms with Crippen LogP contribution in [0.5, 0.6) is 5.75 Å². The molecule has 0 aromatic heterocycles. The SMILES string of the molecule is COC(=O)C1(CCCN2CCN(c3ccccc3)CC2)Sc2ccccc2OCC1O.Cl.Cl. The second kappa shape index (κ2) is 12.7. The lowest BCUT2D eigenvalue weighted by Gasteiger charge is -2.37. The van der Waals surface area contributed by atoms with Crippen molar-refractivity contribution in [1.29, 1.82) is 0 Å². The molecular formula is C24H32Cl2N2O4S. The predicted molar refractivity (Wildman–Crippen MR) is 137 cm³/mol. The first-order valence-corrected chi connectivity index (χ1v) is 11.6. The Morgan fingerprint density at radius 3 is 2.45 bits per heavy atom. The van der Waals surface area contributed by atoms with E-state index in [-0.39, 0.29) is 37.4 Å². The van der Waals surface area contributed by atoms with E-state index in [1.54, 1.807) is 0 Å². The summed E-state index contributed by atoms with van der Waals surface area (Å²) < 4.78 is 9.85. The van der Waals surface area contributed by atoms with Gasteiger partial charge in [0, 0.05) is 31.9 Å². The maximum atomic E-state index is 12.9. The molecule has 182 valence electrons. The minimum atomic E-state index is -1.06. The van der Waals surface area contributed by atoms with Gasteiger partial charge in [-0.25, -0.2) is 0 Å². The van der Waals surface area contributed by atoms with E-state index in [1.807, 2.05) is 30.3 Å². The molecule has 2 aromatic rings. The Bertz CT molecular complexity index is 884. The fraction of sp³-hybridized carbons (Fsp3) is 0.458. The van der Waals surface area contributed by atoms with Crippen molar-refractivity contribution in [3.63, 3.8) is 0 Å². The molecule has 0 radical (unpaired) electrons. The maximum absolute atomic E-state index is 12.9. The van der Waals surface area contributed by atoms with E-state index in [9.17, 15) is 9.90 Å². The van der Waals surface area contributed by atoms with Crippen LogP contribution in [-0.2, 0) is 9.53 Å². The lowest BCUT2D eigenvalue weighted by atomic mass is 9.95. The third-order valence-corrected chi connectivity index (χ3v) is 7.69. The Labute approximate surface area is 212 Å². The first kappa shape index (κ1) is 27.6. The number of esters is 1. The summed E-state index contributed by atoms with van der Waals surface area (Å²) >= 11 is 1.37. The van der Waals surface area contributed by atoms with Crippen molar-refractivity contribution >= 4 is 48.2 Å². The molecule has 1 N–H and O–H groups in total. The van der Waals surface area contributed by atoms with Crippen LogP contribution in [0.25, 0.3) is 0 Å². The number of aliphatic hydroxyl groups is 1. The smallest absolute Gasteiger partial charge is 0.325 e. The van der Waals surface area contributed by atoms with Crippen molar-refractivity contribution in [2.45, 2.75) is 28.6 Å². The van der Waals surface area contributed by atoms with Gasteiger partial charge in [0.1, 0.15) is 23.2 Å². The molecule has 4 rings (SSSR count). The lowest BCUT2D eigenvalue weighted by Crippen LogP contribution is -2.50. The number of thioether (sulfide) groups is 1. The second-order valence-electron chi connectivity index (χ2n) is 8.02. The number of halogens is 2. The Balaban J connectivity index is 0.00000193. The normalized spacial score (nSPS) is 22.6. The molecule has 2 aliphatic heterocycles. The lowest BCUT2D eigenvalue weighted by molar-refractivity contribution is -0.147. The zero-order valence-corrected chi connectivity index (χ0v) is 21.2. The second-order valence-corrected chi connectivity index (χ2v) is 9.40. The molecular weight excluding hydrogens is 483 g/mol. The van der Waals surface area contributed by atoms with Gasteiger partial charge >= 0.3 is 5.97 Å². The van der Waals surface area contributed by atoms with Crippen molar-refractivity contribution in [1.82, 2.24) is 4.90 Å². The largest absolute Gasteiger partial charge is 0.490 e. The van der Waals surface area contributed by atoms with E-state index in [0.717, 1.165) is 44.0 Å². The summed E-state index contributed by atoms with van der Waals surface area (Å²) in [5.41, 5.74) is 1.27. The molecule has 2 unspecified atom stereocenters. The van der Waals surface area contributed by atoms with Crippen LogP contribution >= 0.6 is 36.6 Å². The van der Waals surface area contributed by atoms with Crippen molar-refractivity contribution in [2.75, 3.05) is 51.3 Å². The topological polar surface area (TPSA) is 62.2 Å². The number of nitrogens with zero attached hydrogens (tertiary/aromatic N) is 2. The van der Waals surface area contributed by atoms with Gasteiger partial charge in [-0.3, -0.25) is 9.69 Å². The van der Waals surface area contributed by atoms with E-state index in [2.05, 4.69) is 34.1 Å². The quantitative estimate of drug-likeness (QED) is 0.586. The van der Waals surface area contributed by atoms with Crippen molar-refractivity contribution in [3.05, 3.63) is 54.6 Å². The predicted octanol–water partition coefficient (Wildman–Crippen LogP) is 3.89. The number of para-hydroxylation sites is 2. The Hall–Kier alpha value is -1.64. The molecule has 2 aliphatic rings. The number of aliphatic hydroxyl groups excluding tert-OH is 1. The van der Waals surface area contributed by atoms with Crippen LogP contribution < -0.4 is 9.64 Å². The third kappa shape index (κ3) is 6.28. The molecule has 2 atom stereocenters. The van der Waals surface area contributed by atoms with E-state index in [4.69, 9.17) is 9.47 Å². The number of piperazine rings is 1. The standard InChI is InChI=1S/C24H30N2O4S.2ClH/c1-29-23(28)24(22(27)18-30-20-10-5-6-11-21(20)31-24)12-7-13-25-14-16-26(17-15-25)19-8-3-2-4-9-19;;/h2-6,8-11,22,27H,7,12-18H2,1H3;2*1H. The third-order valence-electron chi connectivity index (χ3n) is 6.12. The van der Waals surface area contributed by atoms with Crippen molar-refractivity contribution in [3.8, 4) is 5.75 Å². The molecule has 0 amide bonds. The van der Waals surface area contributed by atoms with Crippen LogP contribution in [0.1, 0.15) is 12.8 Å². The van der Waals surface area contributed by atoms with Crippen LogP contribution in [0.3, 0.4) is 0 Å². The Morgan fingerprint density at radius 1 is 1.09 bits per heavy atom. The number of anilines is 1. The van der Waals surface area contributed by atoms with Crippen molar-refractivity contribution in [2.24, 2.45) is 0 Å². The van der Waals surface area contributed by atoms with Gasteiger partial charge in [-0.1, -0.05) is 30.3 Å². The highest BCUT2D eigenvalue weighted by Gasteiger charge is 2.49. The van der Waals surface area contributed by atoms with Gasteiger partial charge in [0.25, 0.3) is 0 Å². The van der Waals surface area contributed by atoms with Crippen LogP contribution in [0, 0.1) is 0 Å². The molecule has 2 aromatic carbocycles. The van der Waals surface area contributed by atoms with Gasteiger partial charge in [-0.2, -0.15) is 0 Å². The van der Waals surface area contributed by atoms with Crippen LogP contribution in [-0.4, -0.2) is 73.3 Å². The van der Waals surface area contributed by atoms with E-state index < -0.39 is 10.9 Å². The molecule has 0 saturated carbocycles. The summed E-state index contributed by atoms with van der Waals surface area (Å²) in [7, 11) is 1.39. The maximum Gasteiger partial charge on any atom is 0.325 e. The minimum Gasteiger partial charge on any atom is -0.490 e. The van der Waals surface area contributed by atoms with E-state index in [0.29, 0.717) is 12.2 Å². The average molecular weight is 516 g/mol. The van der Waals surface area contributed by atoms with E-state index in [1.165, 1.54) is 24.6 Å². The van der Waals surface area contributed by atoms with Crippen molar-refractivity contribution < 1.29 is 19.4 Å². The molecule has 33 heavy (non-hydrogen) atoms. The number of carbonyl (C=O) groups excluding carboxylic acids is 1. The van der Waals surface area contributed by atoms with Gasteiger partial charge in [0.2, 0.25) is 0 Å². The first-order valence-electron chi connectivity index (χ1n) is 10.8. The van der Waals surface area contributed by atoms with Gasteiger partial charge in [0.15, 0.2) is 0 Å². The Morgan fingerprint density at radius 2 is 1.76 bits per heavy atom. The molecule has 6 nitrogen and oxygen atoms in total. The molecule has 0 aliphatic carbocycles. The highest BCUT2D eigenvalue weighted by molar-refractivity contribution is 8.01. The van der Waals surface area contributed by atoms with Crippen LogP contribution in [0.2, 0.25) is 0 Å². The molecule has 1 saturated heterocycles. The number of ether oxygens (including phenoxy) is 2. The van der Waals surface area contributed by atoms with Gasteiger partial charge in [0.05, 0.1) is 12.0 Å². The first-order chi connectivity index (χ1) is 15.1. The van der Waals surface area contributed by atoms with Crippen LogP contribution in [0.15, 0.2) is 59.5 Å². The van der Waals surface area contributed by atoms with Gasteiger partial charge in [-0.15, -0.1) is 36.6 Å². The van der Waals surface area contributed by atoms with Gasteiger partial charge < -0.3 is 19.5 Å². The molecule has 1 fully saturated rings. The summed E-state index contributed by atoms with van der Waals surface area (Å²) in [5.74, 6) is 0.313. The summed E-state index contributed by atoms with van der Waals surface area (Å²) in [4.78, 5) is 18.6. The minimum absolute atomic E-state index is 0. The highest BCUT2D eigenvalue weighted by Crippen LogP contribution is 2.46. The number of fused-ring (bicyclic) bond motifs is 1.